The Labute approximate surface area is 150 Å². The number of rotatable bonds is 4. The molecule has 2 aromatic carbocycles. The van der Waals surface area contributed by atoms with Gasteiger partial charge in [0.2, 0.25) is 0 Å². The van der Waals surface area contributed by atoms with Gasteiger partial charge >= 0.3 is 0 Å². The molecule has 0 amide bonds. The van der Waals surface area contributed by atoms with Crippen molar-refractivity contribution < 1.29 is 9.18 Å². The highest BCUT2D eigenvalue weighted by atomic mass is 19.1. The van der Waals surface area contributed by atoms with Crippen LogP contribution in [0, 0.1) is 31.0 Å². The lowest BCUT2D eigenvalue weighted by molar-refractivity contribution is 0.104. The predicted molar refractivity (Wildman–Crippen MR) is 97.5 cm³/mol. The number of hydrogen-bond acceptors (Lipinski definition) is 3. The SMILES string of the molecule is Cc1nn(-c2ccc(F)cc2)c(C)c1/C=C/C(=O)c1ccc(C#N)cc1. The minimum atomic E-state index is -0.302. The van der Waals surface area contributed by atoms with Gasteiger partial charge in [-0.2, -0.15) is 10.4 Å². The summed E-state index contributed by atoms with van der Waals surface area (Å²) >= 11 is 0. The van der Waals surface area contributed by atoms with Crippen molar-refractivity contribution in [3.63, 3.8) is 0 Å². The van der Waals surface area contributed by atoms with Crippen molar-refractivity contribution in [1.29, 1.82) is 5.26 Å². The van der Waals surface area contributed by atoms with Crippen LogP contribution in [0.4, 0.5) is 4.39 Å². The van der Waals surface area contributed by atoms with Gasteiger partial charge < -0.3 is 0 Å². The maximum Gasteiger partial charge on any atom is 0.185 e. The van der Waals surface area contributed by atoms with E-state index in [9.17, 15) is 9.18 Å². The molecule has 128 valence electrons. The third-order valence-corrected chi connectivity index (χ3v) is 4.12. The van der Waals surface area contributed by atoms with Crippen molar-refractivity contribution in [3.8, 4) is 11.8 Å². The number of benzene rings is 2. The molecule has 0 N–H and O–H groups in total. The highest BCUT2D eigenvalue weighted by Crippen LogP contribution is 2.20. The smallest absolute Gasteiger partial charge is 0.185 e. The Morgan fingerprint density at radius 3 is 2.38 bits per heavy atom. The fourth-order valence-electron chi connectivity index (χ4n) is 2.69. The molecule has 4 nitrogen and oxygen atoms in total. The molecule has 0 saturated heterocycles. The molecule has 0 saturated carbocycles. The maximum atomic E-state index is 13.1. The zero-order valence-electron chi connectivity index (χ0n) is 14.4. The van der Waals surface area contributed by atoms with Gasteiger partial charge in [-0.3, -0.25) is 4.79 Å². The van der Waals surface area contributed by atoms with Crippen LogP contribution in [0.2, 0.25) is 0 Å². The molecule has 1 aromatic heterocycles. The van der Waals surface area contributed by atoms with Gasteiger partial charge in [-0.15, -0.1) is 0 Å². The Balaban J connectivity index is 1.87. The van der Waals surface area contributed by atoms with Crippen molar-refractivity contribution in [2.75, 3.05) is 0 Å². The molecule has 0 aliphatic carbocycles. The Kier molecular flexibility index (Phi) is 4.76. The van der Waals surface area contributed by atoms with Crippen molar-refractivity contribution >= 4 is 11.9 Å². The molecule has 1 heterocycles. The Hall–Kier alpha value is -3.52. The topological polar surface area (TPSA) is 58.7 Å². The lowest BCUT2D eigenvalue weighted by Gasteiger charge is -2.04. The van der Waals surface area contributed by atoms with Gasteiger partial charge in [0, 0.05) is 16.8 Å². The molecule has 5 heteroatoms. The number of halogens is 1. The van der Waals surface area contributed by atoms with Gasteiger partial charge in [0.25, 0.3) is 0 Å². The van der Waals surface area contributed by atoms with Gasteiger partial charge in [0.05, 0.1) is 23.0 Å². The summed E-state index contributed by atoms with van der Waals surface area (Å²) in [5.41, 5.74) is 4.26. The van der Waals surface area contributed by atoms with E-state index in [-0.39, 0.29) is 11.6 Å². The second kappa shape index (κ2) is 7.16. The number of ketones is 1. The van der Waals surface area contributed by atoms with E-state index in [1.165, 1.54) is 18.2 Å². The van der Waals surface area contributed by atoms with E-state index in [4.69, 9.17) is 5.26 Å². The van der Waals surface area contributed by atoms with Crippen molar-refractivity contribution in [2.24, 2.45) is 0 Å². The van der Waals surface area contributed by atoms with E-state index in [1.54, 1.807) is 47.2 Å². The van der Waals surface area contributed by atoms with Crippen LogP contribution in [0.25, 0.3) is 11.8 Å². The first-order chi connectivity index (χ1) is 12.5. The first kappa shape index (κ1) is 17.3. The molecule has 26 heavy (non-hydrogen) atoms. The molecule has 0 radical (unpaired) electrons. The number of aryl methyl sites for hydroxylation is 1. The summed E-state index contributed by atoms with van der Waals surface area (Å²) in [5.74, 6) is -0.453. The third-order valence-electron chi connectivity index (χ3n) is 4.12. The first-order valence-corrected chi connectivity index (χ1v) is 8.04. The van der Waals surface area contributed by atoms with Gasteiger partial charge in [-0.05, 0) is 74.5 Å². The summed E-state index contributed by atoms with van der Waals surface area (Å²) < 4.78 is 14.8. The lowest BCUT2D eigenvalue weighted by atomic mass is 10.1. The zero-order valence-corrected chi connectivity index (χ0v) is 14.4. The van der Waals surface area contributed by atoms with Crippen molar-refractivity contribution in [3.05, 3.63) is 88.5 Å². The summed E-state index contributed by atoms with van der Waals surface area (Å²) in [6, 6.07) is 14.6. The van der Waals surface area contributed by atoms with Crippen LogP contribution in [-0.4, -0.2) is 15.6 Å². The minimum absolute atomic E-state index is 0.150. The summed E-state index contributed by atoms with van der Waals surface area (Å²) in [7, 11) is 0. The Bertz CT molecular complexity index is 1020. The van der Waals surface area contributed by atoms with Gasteiger partial charge in [0.1, 0.15) is 5.82 Å². The summed E-state index contributed by atoms with van der Waals surface area (Å²) in [6.45, 7) is 3.76. The van der Waals surface area contributed by atoms with E-state index in [2.05, 4.69) is 5.10 Å². The largest absolute Gasteiger partial charge is 0.289 e. The molecular weight excluding hydrogens is 329 g/mol. The van der Waals surface area contributed by atoms with E-state index < -0.39 is 0 Å². The molecule has 3 rings (SSSR count). The second-order valence-electron chi connectivity index (χ2n) is 5.86. The minimum Gasteiger partial charge on any atom is -0.289 e. The number of carbonyl (C=O) groups is 1. The first-order valence-electron chi connectivity index (χ1n) is 8.04. The average Bonchev–Trinajstić information content (AvgIpc) is 2.94. The van der Waals surface area contributed by atoms with Crippen LogP contribution in [0.5, 0.6) is 0 Å². The lowest BCUT2D eigenvalue weighted by Crippen LogP contribution is -1.99. The Morgan fingerprint density at radius 1 is 1.12 bits per heavy atom. The summed E-state index contributed by atoms with van der Waals surface area (Å²) in [4.78, 5) is 12.3. The molecular formula is C21H16FN3O. The Morgan fingerprint density at radius 2 is 1.77 bits per heavy atom. The van der Waals surface area contributed by atoms with Crippen LogP contribution in [0.15, 0.2) is 54.6 Å². The van der Waals surface area contributed by atoms with Gasteiger partial charge in [0.15, 0.2) is 5.78 Å². The second-order valence-corrected chi connectivity index (χ2v) is 5.86. The predicted octanol–water partition coefficient (Wildman–Crippen LogP) is 4.40. The number of hydrogen-bond donors (Lipinski definition) is 0. The standard InChI is InChI=1S/C21H16FN3O/c1-14-20(11-12-21(26)17-5-3-16(13-23)4-6-17)15(2)25(24-14)19-9-7-18(22)8-10-19/h3-12H,1-2H3/b12-11+. The molecule has 0 fully saturated rings. The quantitative estimate of drug-likeness (QED) is 0.520. The highest BCUT2D eigenvalue weighted by molar-refractivity contribution is 6.06. The van der Waals surface area contributed by atoms with Crippen LogP contribution in [-0.2, 0) is 0 Å². The normalized spacial score (nSPS) is 10.8. The zero-order chi connectivity index (χ0) is 18.7. The maximum absolute atomic E-state index is 13.1. The van der Waals surface area contributed by atoms with Crippen LogP contribution in [0.3, 0.4) is 0 Å². The molecule has 3 aromatic rings. The van der Waals surface area contributed by atoms with Crippen LogP contribution < -0.4 is 0 Å². The number of carbonyl (C=O) groups excluding carboxylic acids is 1. The summed E-state index contributed by atoms with van der Waals surface area (Å²) in [5, 5.41) is 13.3. The van der Waals surface area contributed by atoms with E-state index >= 15 is 0 Å². The van der Waals surface area contributed by atoms with Gasteiger partial charge in [-0.1, -0.05) is 0 Å². The monoisotopic (exact) mass is 345 g/mol. The van der Waals surface area contributed by atoms with E-state index in [0.29, 0.717) is 11.1 Å². The molecule has 0 atom stereocenters. The van der Waals surface area contributed by atoms with Crippen molar-refractivity contribution in [1.82, 2.24) is 9.78 Å². The molecule has 0 aliphatic heterocycles. The summed E-state index contributed by atoms with van der Waals surface area (Å²) in [6.07, 6.45) is 3.23. The fourth-order valence-corrected chi connectivity index (χ4v) is 2.69. The number of aromatic nitrogens is 2. The third kappa shape index (κ3) is 3.45. The number of nitrogens with zero attached hydrogens (tertiary/aromatic N) is 3. The molecule has 0 aliphatic rings. The van der Waals surface area contributed by atoms with E-state index in [1.807, 2.05) is 19.9 Å². The molecule has 0 bridgehead atoms. The molecule has 0 unspecified atom stereocenters. The highest BCUT2D eigenvalue weighted by Gasteiger charge is 2.11. The fraction of sp³-hybridized carbons (Fsp3) is 0.0952. The average molecular weight is 345 g/mol. The molecule has 0 spiro atoms. The van der Waals surface area contributed by atoms with Crippen LogP contribution >= 0.6 is 0 Å². The number of allylic oxidation sites excluding steroid dienone is 1. The van der Waals surface area contributed by atoms with Crippen molar-refractivity contribution in [2.45, 2.75) is 13.8 Å². The van der Waals surface area contributed by atoms with Crippen LogP contribution in [0.1, 0.15) is 32.9 Å². The number of nitriles is 1. The van der Waals surface area contributed by atoms with E-state index in [0.717, 1.165) is 22.6 Å². The van der Waals surface area contributed by atoms with Gasteiger partial charge in [-0.25, -0.2) is 9.07 Å².